The van der Waals surface area contributed by atoms with Crippen LogP contribution in [0, 0.1) is 0 Å². The van der Waals surface area contributed by atoms with Gasteiger partial charge in [-0.15, -0.1) is 11.3 Å². The summed E-state index contributed by atoms with van der Waals surface area (Å²) >= 11 is 4.76. The molecule has 0 bridgehead atoms. The number of ether oxygens (including phenoxy) is 1. The van der Waals surface area contributed by atoms with Crippen LogP contribution in [0.2, 0.25) is 0 Å². The first-order valence-electron chi connectivity index (χ1n) is 8.97. The molecule has 4 nitrogen and oxygen atoms in total. The van der Waals surface area contributed by atoms with Crippen LogP contribution in [0.1, 0.15) is 0 Å². The number of benzene rings is 3. The molecule has 1 N–H and O–H groups in total. The second-order valence-corrected chi connectivity index (χ2v) is 8.05. The summed E-state index contributed by atoms with van der Waals surface area (Å²) < 4.78 is 6.45. The molecule has 1 heterocycles. The highest BCUT2D eigenvalue weighted by atomic mass is 79.9. The number of amides is 1. The van der Waals surface area contributed by atoms with Crippen molar-refractivity contribution in [2.24, 2.45) is 0 Å². The predicted molar refractivity (Wildman–Crippen MR) is 121 cm³/mol. The van der Waals surface area contributed by atoms with Crippen molar-refractivity contribution in [2.75, 3.05) is 11.9 Å². The van der Waals surface area contributed by atoms with Crippen LogP contribution in [-0.4, -0.2) is 17.5 Å². The van der Waals surface area contributed by atoms with Crippen molar-refractivity contribution in [3.63, 3.8) is 0 Å². The van der Waals surface area contributed by atoms with Crippen LogP contribution in [0.3, 0.4) is 0 Å². The molecule has 0 atom stereocenters. The number of hydrogen-bond donors (Lipinski definition) is 1. The van der Waals surface area contributed by atoms with Gasteiger partial charge in [0.15, 0.2) is 11.7 Å². The Morgan fingerprint density at radius 2 is 1.55 bits per heavy atom. The molecule has 144 valence electrons. The molecule has 0 fully saturated rings. The lowest BCUT2D eigenvalue weighted by Crippen LogP contribution is -2.20. The average molecular weight is 465 g/mol. The van der Waals surface area contributed by atoms with Crippen molar-refractivity contribution in [1.29, 1.82) is 0 Å². The van der Waals surface area contributed by atoms with E-state index in [1.54, 1.807) is 12.1 Å². The van der Waals surface area contributed by atoms with Crippen molar-refractivity contribution in [3.05, 3.63) is 88.7 Å². The molecule has 0 saturated heterocycles. The maximum Gasteiger partial charge on any atom is 0.264 e. The molecule has 0 radical (unpaired) electrons. The Morgan fingerprint density at radius 3 is 2.28 bits per heavy atom. The van der Waals surface area contributed by atoms with Gasteiger partial charge >= 0.3 is 0 Å². The maximum absolute atomic E-state index is 12.1. The first-order valence-corrected chi connectivity index (χ1v) is 10.6. The van der Waals surface area contributed by atoms with Gasteiger partial charge in [0.2, 0.25) is 0 Å². The summed E-state index contributed by atoms with van der Waals surface area (Å²) in [4.78, 5) is 16.6. The minimum atomic E-state index is -0.242. The monoisotopic (exact) mass is 464 g/mol. The Kier molecular flexibility index (Phi) is 6.03. The van der Waals surface area contributed by atoms with Crippen LogP contribution in [0.15, 0.2) is 88.7 Å². The molecule has 0 spiro atoms. The van der Waals surface area contributed by atoms with Gasteiger partial charge in [-0.3, -0.25) is 10.1 Å². The third-order valence-electron chi connectivity index (χ3n) is 4.22. The van der Waals surface area contributed by atoms with Crippen molar-refractivity contribution in [2.45, 2.75) is 0 Å². The highest BCUT2D eigenvalue weighted by Crippen LogP contribution is 2.27. The fourth-order valence-electron chi connectivity index (χ4n) is 2.76. The molecule has 3 aromatic carbocycles. The molecule has 0 saturated carbocycles. The number of carbonyl (C=O) groups excluding carboxylic acids is 1. The number of nitrogens with one attached hydrogen (secondary N) is 1. The lowest BCUT2D eigenvalue weighted by Gasteiger charge is -2.05. The van der Waals surface area contributed by atoms with Crippen molar-refractivity contribution < 1.29 is 9.53 Å². The molecular weight excluding hydrogens is 448 g/mol. The molecule has 1 amide bonds. The van der Waals surface area contributed by atoms with Gasteiger partial charge < -0.3 is 4.74 Å². The fourth-order valence-corrected chi connectivity index (χ4v) is 3.76. The van der Waals surface area contributed by atoms with E-state index in [0.717, 1.165) is 21.3 Å². The maximum atomic E-state index is 12.1. The van der Waals surface area contributed by atoms with E-state index < -0.39 is 0 Å². The molecule has 0 aliphatic heterocycles. The van der Waals surface area contributed by atoms with Gasteiger partial charge in [0.05, 0.1) is 5.69 Å². The highest BCUT2D eigenvalue weighted by Gasteiger charge is 2.09. The molecule has 1 aromatic heterocycles. The average Bonchev–Trinajstić information content (AvgIpc) is 3.22. The Morgan fingerprint density at radius 1 is 0.897 bits per heavy atom. The summed E-state index contributed by atoms with van der Waals surface area (Å²) in [5.41, 5.74) is 4.17. The molecule has 0 unspecified atom stereocenters. The van der Waals surface area contributed by atoms with Crippen LogP contribution in [0.5, 0.6) is 5.75 Å². The SMILES string of the molecule is O=C(COc1ccc(Br)cc1)Nc1nc(-c2ccc(-c3ccccc3)cc2)cs1. The van der Waals surface area contributed by atoms with Crippen molar-refractivity contribution in [3.8, 4) is 28.1 Å². The van der Waals surface area contributed by atoms with Crippen molar-refractivity contribution in [1.82, 2.24) is 4.98 Å². The second-order valence-electron chi connectivity index (χ2n) is 6.27. The minimum absolute atomic E-state index is 0.0671. The molecule has 4 aromatic rings. The third kappa shape index (κ3) is 5.10. The number of hydrogen-bond acceptors (Lipinski definition) is 4. The van der Waals surface area contributed by atoms with Gasteiger partial charge in [-0.25, -0.2) is 4.98 Å². The van der Waals surface area contributed by atoms with Crippen LogP contribution < -0.4 is 10.1 Å². The van der Waals surface area contributed by atoms with E-state index in [9.17, 15) is 4.79 Å². The first-order chi connectivity index (χ1) is 14.2. The van der Waals surface area contributed by atoms with Gasteiger partial charge in [-0.1, -0.05) is 70.5 Å². The summed E-state index contributed by atoms with van der Waals surface area (Å²) in [6, 6.07) is 25.8. The van der Waals surface area contributed by atoms with Crippen molar-refractivity contribution >= 4 is 38.3 Å². The lowest BCUT2D eigenvalue weighted by atomic mass is 10.0. The Balaban J connectivity index is 1.36. The number of halogens is 1. The number of nitrogens with zero attached hydrogens (tertiary/aromatic N) is 1. The smallest absolute Gasteiger partial charge is 0.264 e. The summed E-state index contributed by atoms with van der Waals surface area (Å²) in [7, 11) is 0. The van der Waals surface area contributed by atoms with Gasteiger partial charge in [0, 0.05) is 15.4 Å². The van der Waals surface area contributed by atoms with Gasteiger partial charge in [0.25, 0.3) is 5.91 Å². The number of carbonyl (C=O) groups is 1. The van der Waals surface area contributed by atoms with E-state index in [2.05, 4.69) is 50.5 Å². The van der Waals surface area contributed by atoms with Crippen LogP contribution in [0.4, 0.5) is 5.13 Å². The molecule has 29 heavy (non-hydrogen) atoms. The normalized spacial score (nSPS) is 10.5. The summed E-state index contributed by atoms with van der Waals surface area (Å²) in [5.74, 6) is 0.398. The van der Waals surface area contributed by atoms with Crippen LogP contribution in [0.25, 0.3) is 22.4 Å². The number of anilines is 1. The van der Waals surface area contributed by atoms with E-state index in [4.69, 9.17) is 4.74 Å². The minimum Gasteiger partial charge on any atom is -0.484 e. The van der Waals surface area contributed by atoms with E-state index in [-0.39, 0.29) is 12.5 Å². The van der Waals surface area contributed by atoms with Gasteiger partial charge in [0.1, 0.15) is 5.75 Å². The predicted octanol–water partition coefficient (Wildman–Crippen LogP) is 6.26. The largest absolute Gasteiger partial charge is 0.484 e. The van der Waals surface area contributed by atoms with E-state index in [1.807, 2.05) is 47.8 Å². The van der Waals surface area contributed by atoms with Gasteiger partial charge in [-0.05, 0) is 35.4 Å². The van der Waals surface area contributed by atoms with E-state index in [0.29, 0.717) is 10.9 Å². The van der Waals surface area contributed by atoms with E-state index in [1.165, 1.54) is 16.9 Å². The Bertz CT molecular complexity index is 1090. The van der Waals surface area contributed by atoms with Crippen LogP contribution in [-0.2, 0) is 4.79 Å². The Hall–Kier alpha value is -2.96. The summed E-state index contributed by atoms with van der Waals surface area (Å²) in [6.07, 6.45) is 0. The van der Waals surface area contributed by atoms with Gasteiger partial charge in [-0.2, -0.15) is 0 Å². The van der Waals surface area contributed by atoms with E-state index >= 15 is 0 Å². The standard InChI is InChI=1S/C23H17BrN2O2S/c24-19-10-12-20(13-11-19)28-14-22(27)26-23-25-21(15-29-23)18-8-6-17(7-9-18)16-4-2-1-3-5-16/h1-13,15H,14H2,(H,25,26,27). The fraction of sp³-hybridized carbons (Fsp3) is 0.0435. The molecule has 4 rings (SSSR count). The summed E-state index contributed by atoms with van der Waals surface area (Å²) in [5, 5.41) is 5.27. The zero-order valence-electron chi connectivity index (χ0n) is 15.3. The molecule has 0 aliphatic rings. The number of aromatic nitrogens is 1. The zero-order valence-corrected chi connectivity index (χ0v) is 17.7. The molecular formula is C23H17BrN2O2S. The quantitative estimate of drug-likeness (QED) is 0.366. The lowest BCUT2D eigenvalue weighted by molar-refractivity contribution is -0.118. The zero-order chi connectivity index (χ0) is 20.1. The topological polar surface area (TPSA) is 51.2 Å². The van der Waals surface area contributed by atoms with Crippen LogP contribution >= 0.6 is 27.3 Å². The number of thiazole rings is 1. The summed E-state index contributed by atoms with van der Waals surface area (Å²) in [6.45, 7) is -0.0671. The highest BCUT2D eigenvalue weighted by molar-refractivity contribution is 9.10. The third-order valence-corrected chi connectivity index (χ3v) is 5.51. The number of rotatable bonds is 6. The molecule has 0 aliphatic carbocycles. The second kappa shape index (κ2) is 9.03. The Labute approximate surface area is 181 Å². The molecule has 6 heteroatoms. The first kappa shape index (κ1) is 19.4.